The highest BCUT2D eigenvalue weighted by atomic mass is 32.2. The predicted octanol–water partition coefficient (Wildman–Crippen LogP) is 1.23. The smallest absolute Gasteiger partial charge is 0.252 e. The summed E-state index contributed by atoms with van der Waals surface area (Å²) in [6, 6.07) is 6.17. The number of nitrogens with zero attached hydrogens (tertiary/aromatic N) is 2. The van der Waals surface area contributed by atoms with Gasteiger partial charge in [0.05, 0.1) is 22.3 Å². The molecule has 0 radical (unpaired) electrons. The second-order valence-corrected chi connectivity index (χ2v) is 7.58. The number of H-pyrrole nitrogens is 1. The Morgan fingerprint density at radius 2 is 2.00 bits per heavy atom. The Bertz CT molecular complexity index is 781. The molecule has 7 nitrogen and oxygen atoms in total. The van der Waals surface area contributed by atoms with E-state index in [-0.39, 0.29) is 17.0 Å². The minimum atomic E-state index is -3.53. The highest BCUT2D eigenvalue weighted by Crippen LogP contribution is 2.20. The topological polar surface area (TPSA) is 105 Å². The van der Waals surface area contributed by atoms with Crippen LogP contribution in [0.1, 0.15) is 35.9 Å². The number of benzene rings is 1. The predicted molar refractivity (Wildman–Crippen MR) is 81.1 cm³/mol. The molecule has 118 valence electrons. The second kappa shape index (κ2) is 6.27. The Hall–Kier alpha value is -2.22. The quantitative estimate of drug-likeness (QED) is 0.861. The maximum absolute atomic E-state index is 12.3. The summed E-state index contributed by atoms with van der Waals surface area (Å²) in [5.41, 5.74) is 0.128. The number of aromatic amines is 1. The molecule has 0 bridgehead atoms. The van der Waals surface area contributed by atoms with Crippen molar-refractivity contribution in [3.63, 3.8) is 0 Å². The van der Waals surface area contributed by atoms with Crippen LogP contribution in [0.2, 0.25) is 0 Å². The van der Waals surface area contributed by atoms with Gasteiger partial charge < -0.3 is 5.32 Å². The van der Waals surface area contributed by atoms with Gasteiger partial charge in [0.2, 0.25) is 0 Å². The summed E-state index contributed by atoms with van der Waals surface area (Å²) >= 11 is 0. The average Bonchev–Trinajstić information content (AvgIpc) is 2.90. The highest BCUT2D eigenvalue weighted by molar-refractivity contribution is 7.92. The van der Waals surface area contributed by atoms with Crippen LogP contribution < -0.4 is 5.32 Å². The van der Waals surface area contributed by atoms with Crippen molar-refractivity contribution in [1.82, 2.24) is 20.5 Å². The van der Waals surface area contributed by atoms with Crippen molar-refractivity contribution in [3.05, 3.63) is 41.5 Å². The number of aromatic nitrogens is 3. The van der Waals surface area contributed by atoms with Gasteiger partial charge in [-0.1, -0.05) is 12.1 Å². The molecule has 1 aromatic carbocycles. The summed E-state index contributed by atoms with van der Waals surface area (Å²) in [6.07, 6.45) is 0. The summed E-state index contributed by atoms with van der Waals surface area (Å²) in [5.74, 6) is 0.615. The Morgan fingerprint density at radius 3 is 2.59 bits per heavy atom. The molecule has 1 heterocycles. The zero-order valence-electron chi connectivity index (χ0n) is 12.6. The molecule has 0 aliphatic heterocycles. The van der Waals surface area contributed by atoms with Crippen molar-refractivity contribution >= 4 is 15.7 Å². The standard InChI is InChI=1S/C14H18N4O3S/c1-9(2)22(20,21)12-7-5-4-6-11(12)14(19)15-8-13-16-10(3)17-18-13/h4-7,9H,8H2,1-3H3,(H,15,19)(H,16,17,18). The van der Waals surface area contributed by atoms with Gasteiger partial charge in [0.25, 0.3) is 5.91 Å². The average molecular weight is 322 g/mol. The molecule has 2 rings (SSSR count). The molecule has 2 N–H and O–H groups in total. The van der Waals surface area contributed by atoms with Crippen molar-refractivity contribution in [1.29, 1.82) is 0 Å². The van der Waals surface area contributed by atoms with E-state index in [4.69, 9.17) is 0 Å². The number of carbonyl (C=O) groups excluding carboxylic acids is 1. The van der Waals surface area contributed by atoms with Crippen LogP contribution in [0.15, 0.2) is 29.2 Å². The molecule has 0 aliphatic rings. The molecule has 0 spiro atoms. The van der Waals surface area contributed by atoms with Crippen LogP contribution in [0.3, 0.4) is 0 Å². The lowest BCUT2D eigenvalue weighted by atomic mass is 10.2. The van der Waals surface area contributed by atoms with Gasteiger partial charge in [0.1, 0.15) is 5.82 Å². The SMILES string of the molecule is Cc1nc(CNC(=O)c2ccccc2S(=O)(=O)C(C)C)n[nH]1. The van der Waals surface area contributed by atoms with Crippen LogP contribution in [-0.2, 0) is 16.4 Å². The molecule has 2 aromatic rings. The number of rotatable bonds is 5. The summed E-state index contributed by atoms with van der Waals surface area (Å²) in [7, 11) is -3.53. The fourth-order valence-corrected chi connectivity index (χ4v) is 3.12. The minimum absolute atomic E-state index is 0.0358. The molecule has 0 saturated carbocycles. The van der Waals surface area contributed by atoms with Crippen molar-refractivity contribution in [2.45, 2.75) is 37.5 Å². The minimum Gasteiger partial charge on any atom is -0.345 e. The van der Waals surface area contributed by atoms with Gasteiger partial charge in [-0.05, 0) is 32.9 Å². The van der Waals surface area contributed by atoms with Crippen LogP contribution in [-0.4, -0.2) is 34.8 Å². The number of carbonyl (C=O) groups is 1. The number of amides is 1. The summed E-state index contributed by atoms with van der Waals surface area (Å²) in [6.45, 7) is 5.04. The van der Waals surface area contributed by atoms with Crippen molar-refractivity contribution < 1.29 is 13.2 Å². The molecule has 8 heteroatoms. The van der Waals surface area contributed by atoms with Gasteiger partial charge in [-0.2, -0.15) is 5.10 Å². The first-order valence-corrected chi connectivity index (χ1v) is 8.36. The van der Waals surface area contributed by atoms with Crippen LogP contribution in [0.4, 0.5) is 0 Å². The summed E-state index contributed by atoms with van der Waals surface area (Å²) in [5, 5.41) is 8.62. The molecule has 1 amide bonds. The van der Waals surface area contributed by atoms with Gasteiger partial charge in [0, 0.05) is 0 Å². The number of aryl methyl sites for hydroxylation is 1. The van der Waals surface area contributed by atoms with Gasteiger partial charge in [-0.3, -0.25) is 9.89 Å². The van der Waals surface area contributed by atoms with Crippen LogP contribution in [0, 0.1) is 6.92 Å². The number of nitrogens with one attached hydrogen (secondary N) is 2. The largest absolute Gasteiger partial charge is 0.345 e. The van der Waals surface area contributed by atoms with Crippen molar-refractivity contribution in [2.75, 3.05) is 0 Å². The molecular formula is C14H18N4O3S. The highest BCUT2D eigenvalue weighted by Gasteiger charge is 2.25. The van der Waals surface area contributed by atoms with E-state index in [0.29, 0.717) is 11.6 Å². The molecule has 0 aliphatic carbocycles. The van der Waals surface area contributed by atoms with Gasteiger partial charge in [0.15, 0.2) is 15.7 Å². The third-order valence-electron chi connectivity index (χ3n) is 3.11. The molecule has 0 saturated heterocycles. The first-order chi connectivity index (χ1) is 10.3. The summed E-state index contributed by atoms with van der Waals surface area (Å²) < 4.78 is 24.7. The first kappa shape index (κ1) is 16.2. The van der Waals surface area contributed by atoms with Crippen molar-refractivity contribution in [3.8, 4) is 0 Å². The van der Waals surface area contributed by atoms with Crippen LogP contribution >= 0.6 is 0 Å². The maximum atomic E-state index is 12.3. The van der Waals surface area contributed by atoms with Crippen LogP contribution in [0.25, 0.3) is 0 Å². The molecule has 0 unspecified atom stereocenters. The van der Waals surface area contributed by atoms with E-state index in [0.717, 1.165) is 0 Å². The van der Waals surface area contributed by atoms with E-state index < -0.39 is 21.0 Å². The van der Waals surface area contributed by atoms with Gasteiger partial charge >= 0.3 is 0 Å². The Balaban J connectivity index is 2.23. The molecule has 0 atom stereocenters. The third kappa shape index (κ3) is 3.33. The van der Waals surface area contributed by atoms with E-state index in [9.17, 15) is 13.2 Å². The van der Waals surface area contributed by atoms with E-state index in [1.165, 1.54) is 12.1 Å². The number of hydrogen-bond donors (Lipinski definition) is 2. The maximum Gasteiger partial charge on any atom is 0.252 e. The fraction of sp³-hybridized carbons (Fsp3) is 0.357. The zero-order valence-corrected chi connectivity index (χ0v) is 13.4. The Kier molecular flexibility index (Phi) is 4.60. The fourth-order valence-electron chi connectivity index (χ4n) is 1.88. The van der Waals surface area contributed by atoms with E-state index in [1.54, 1.807) is 32.9 Å². The normalized spacial score (nSPS) is 11.6. The second-order valence-electron chi connectivity index (χ2n) is 5.11. The lowest BCUT2D eigenvalue weighted by Crippen LogP contribution is -2.26. The summed E-state index contributed by atoms with van der Waals surface area (Å²) in [4.78, 5) is 16.4. The lowest BCUT2D eigenvalue weighted by molar-refractivity contribution is 0.0946. The number of sulfone groups is 1. The zero-order chi connectivity index (χ0) is 16.3. The number of hydrogen-bond acceptors (Lipinski definition) is 5. The molecule has 22 heavy (non-hydrogen) atoms. The van der Waals surface area contributed by atoms with Crippen LogP contribution in [0.5, 0.6) is 0 Å². The van der Waals surface area contributed by atoms with E-state index in [2.05, 4.69) is 20.5 Å². The molecular weight excluding hydrogens is 304 g/mol. The Morgan fingerprint density at radius 1 is 1.32 bits per heavy atom. The van der Waals surface area contributed by atoms with Gasteiger partial charge in [-0.15, -0.1) is 0 Å². The molecule has 0 fully saturated rings. The van der Waals surface area contributed by atoms with Crippen molar-refractivity contribution in [2.24, 2.45) is 0 Å². The van der Waals surface area contributed by atoms with E-state index >= 15 is 0 Å². The first-order valence-electron chi connectivity index (χ1n) is 6.81. The van der Waals surface area contributed by atoms with E-state index in [1.807, 2.05) is 0 Å². The van der Waals surface area contributed by atoms with Gasteiger partial charge in [-0.25, -0.2) is 13.4 Å². The lowest BCUT2D eigenvalue weighted by Gasteiger charge is -2.12. The third-order valence-corrected chi connectivity index (χ3v) is 5.32. The monoisotopic (exact) mass is 322 g/mol. The molecule has 1 aromatic heterocycles. The Labute approximate surface area is 129 Å².